The number of rotatable bonds is 5. The summed E-state index contributed by atoms with van der Waals surface area (Å²) in [6.45, 7) is 2.22. The molecule has 1 aromatic carbocycles. The molecule has 0 spiro atoms. The Balaban J connectivity index is 1.74. The standard InChI is InChI=1S/C20H25N3O4/c1-3-23(14-9-5-4-6-10-14)17(24)13-27-20(26)18-15-11-7-8-12-16(15)19(25)22(2)21-18/h7-8,11-12,14H,3-6,9-10,13H2,1-2H3. The van der Waals surface area contributed by atoms with Crippen LogP contribution in [0.2, 0.25) is 0 Å². The number of aromatic nitrogens is 2. The van der Waals surface area contributed by atoms with Crippen LogP contribution in [-0.2, 0) is 16.6 Å². The summed E-state index contributed by atoms with van der Waals surface area (Å²) < 4.78 is 6.37. The van der Waals surface area contributed by atoms with Crippen molar-refractivity contribution in [1.29, 1.82) is 0 Å². The maximum absolute atomic E-state index is 12.6. The summed E-state index contributed by atoms with van der Waals surface area (Å²) in [6.07, 6.45) is 5.47. The van der Waals surface area contributed by atoms with Crippen molar-refractivity contribution in [1.82, 2.24) is 14.7 Å². The van der Waals surface area contributed by atoms with Gasteiger partial charge in [0, 0.05) is 25.0 Å². The van der Waals surface area contributed by atoms with Gasteiger partial charge in [0.2, 0.25) is 0 Å². The molecule has 1 amide bonds. The van der Waals surface area contributed by atoms with Crippen LogP contribution in [0.4, 0.5) is 0 Å². The Labute approximate surface area is 157 Å². The molecule has 1 fully saturated rings. The Morgan fingerprint density at radius 3 is 2.52 bits per heavy atom. The van der Waals surface area contributed by atoms with Crippen LogP contribution in [0.15, 0.2) is 29.1 Å². The van der Waals surface area contributed by atoms with Crippen LogP contribution in [0.3, 0.4) is 0 Å². The first kappa shape index (κ1) is 19.1. The molecule has 1 aromatic heterocycles. The Hall–Kier alpha value is -2.70. The van der Waals surface area contributed by atoms with E-state index in [4.69, 9.17) is 4.74 Å². The lowest BCUT2D eigenvalue weighted by molar-refractivity contribution is -0.137. The summed E-state index contributed by atoms with van der Waals surface area (Å²) >= 11 is 0. The number of nitrogens with zero attached hydrogens (tertiary/aromatic N) is 3. The molecule has 7 nitrogen and oxygen atoms in total. The molecule has 1 saturated carbocycles. The summed E-state index contributed by atoms with van der Waals surface area (Å²) in [7, 11) is 1.48. The second-order valence-corrected chi connectivity index (χ2v) is 6.87. The minimum absolute atomic E-state index is 0.0428. The molecule has 0 radical (unpaired) electrons. The topological polar surface area (TPSA) is 81.5 Å². The SMILES string of the molecule is CCN(C(=O)COC(=O)c1nn(C)c(=O)c2ccccc12)C1CCCCC1. The molecule has 144 valence electrons. The monoisotopic (exact) mass is 371 g/mol. The lowest BCUT2D eigenvalue weighted by Gasteiger charge is -2.33. The summed E-state index contributed by atoms with van der Waals surface area (Å²) in [5.74, 6) is -0.887. The Morgan fingerprint density at radius 2 is 1.85 bits per heavy atom. The predicted octanol–water partition coefficient (Wildman–Crippen LogP) is 2.27. The highest BCUT2D eigenvalue weighted by Crippen LogP contribution is 2.22. The normalized spacial score (nSPS) is 14.9. The maximum Gasteiger partial charge on any atom is 0.359 e. The fourth-order valence-corrected chi connectivity index (χ4v) is 3.76. The summed E-state index contributed by atoms with van der Waals surface area (Å²) in [6, 6.07) is 6.98. The second-order valence-electron chi connectivity index (χ2n) is 6.87. The molecule has 1 heterocycles. The molecule has 1 aliphatic rings. The number of fused-ring (bicyclic) bond motifs is 1. The number of carbonyl (C=O) groups excluding carboxylic acids is 2. The van der Waals surface area contributed by atoms with Gasteiger partial charge in [0.25, 0.3) is 11.5 Å². The number of carbonyl (C=O) groups is 2. The van der Waals surface area contributed by atoms with Crippen molar-refractivity contribution in [3.05, 3.63) is 40.3 Å². The number of likely N-dealkylation sites (N-methyl/N-ethyl adjacent to an activating group) is 1. The molecular weight excluding hydrogens is 346 g/mol. The summed E-state index contributed by atoms with van der Waals surface area (Å²) in [5.41, 5.74) is -0.242. The Bertz CT molecular complexity index is 900. The Kier molecular flexibility index (Phi) is 5.88. The van der Waals surface area contributed by atoms with E-state index in [1.54, 1.807) is 29.2 Å². The number of hydrogen-bond acceptors (Lipinski definition) is 5. The van der Waals surface area contributed by atoms with Crippen molar-refractivity contribution in [2.45, 2.75) is 45.1 Å². The molecule has 0 atom stereocenters. The molecular formula is C20H25N3O4. The highest BCUT2D eigenvalue weighted by molar-refractivity contribution is 6.02. The van der Waals surface area contributed by atoms with Gasteiger partial charge in [0.05, 0.1) is 5.39 Å². The van der Waals surface area contributed by atoms with Crippen LogP contribution in [-0.4, -0.2) is 45.8 Å². The predicted molar refractivity (Wildman–Crippen MR) is 102 cm³/mol. The lowest BCUT2D eigenvalue weighted by atomic mass is 9.94. The smallest absolute Gasteiger partial charge is 0.359 e. The van der Waals surface area contributed by atoms with E-state index in [1.165, 1.54) is 13.5 Å². The first-order valence-corrected chi connectivity index (χ1v) is 9.45. The van der Waals surface area contributed by atoms with Crippen molar-refractivity contribution in [3.63, 3.8) is 0 Å². The van der Waals surface area contributed by atoms with Crippen LogP contribution in [0, 0.1) is 0 Å². The van der Waals surface area contributed by atoms with Crippen molar-refractivity contribution in [2.75, 3.05) is 13.2 Å². The van der Waals surface area contributed by atoms with E-state index >= 15 is 0 Å². The van der Waals surface area contributed by atoms with Crippen LogP contribution < -0.4 is 5.56 Å². The highest BCUT2D eigenvalue weighted by Gasteiger charge is 2.25. The second kappa shape index (κ2) is 8.33. The molecule has 7 heteroatoms. The molecule has 0 aliphatic heterocycles. The first-order chi connectivity index (χ1) is 13.0. The number of aryl methyl sites for hydroxylation is 1. The zero-order valence-electron chi connectivity index (χ0n) is 15.8. The van der Waals surface area contributed by atoms with Gasteiger partial charge in [-0.05, 0) is 25.8 Å². The van der Waals surface area contributed by atoms with Crippen molar-refractivity contribution in [3.8, 4) is 0 Å². The van der Waals surface area contributed by atoms with E-state index in [1.807, 2.05) is 6.92 Å². The average molecular weight is 371 g/mol. The van der Waals surface area contributed by atoms with Gasteiger partial charge in [-0.15, -0.1) is 0 Å². The van der Waals surface area contributed by atoms with Crippen LogP contribution in [0.5, 0.6) is 0 Å². The van der Waals surface area contributed by atoms with Crippen LogP contribution >= 0.6 is 0 Å². The van der Waals surface area contributed by atoms with Crippen LogP contribution in [0.1, 0.15) is 49.5 Å². The van der Waals surface area contributed by atoms with Crippen LogP contribution in [0.25, 0.3) is 10.8 Å². The zero-order valence-corrected chi connectivity index (χ0v) is 15.8. The van der Waals surface area contributed by atoms with Gasteiger partial charge in [0.1, 0.15) is 0 Å². The van der Waals surface area contributed by atoms with Gasteiger partial charge in [0.15, 0.2) is 12.3 Å². The molecule has 27 heavy (non-hydrogen) atoms. The first-order valence-electron chi connectivity index (χ1n) is 9.45. The number of amides is 1. The third kappa shape index (κ3) is 4.02. The molecule has 0 saturated heterocycles. The van der Waals surface area contributed by atoms with Gasteiger partial charge in [-0.1, -0.05) is 37.5 Å². The van der Waals surface area contributed by atoms with Gasteiger partial charge in [-0.3, -0.25) is 9.59 Å². The van der Waals surface area contributed by atoms with E-state index in [9.17, 15) is 14.4 Å². The summed E-state index contributed by atoms with van der Waals surface area (Å²) in [4.78, 5) is 39.1. The van der Waals surface area contributed by atoms with E-state index in [-0.39, 0.29) is 29.8 Å². The van der Waals surface area contributed by atoms with E-state index in [2.05, 4.69) is 5.10 Å². The molecule has 3 rings (SSSR count). The maximum atomic E-state index is 12.6. The third-order valence-corrected chi connectivity index (χ3v) is 5.15. The van der Waals surface area contributed by atoms with Crippen molar-refractivity contribution < 1.29 is 14.3 Å². The number of esters is 1. The minimum atomic E-state index is -0.699. The van der Waals surface area contributed by atoms with Gasteiger partial charge >= 0.3 is 5.97 Å². The van der Waals surface area contributed by atoms with Gasteiger partial charge < -0.3 is 9.64 Å². The lowest BCUT2D eigenvalue weighted by Crippen LogP contribution is -2.43. The van der Waals surface area contributed by atoms with E-state index < -0.39 is 5.97 Å². The highest BCUT2D eigenvalue weighted by atomic mass is 16.5. The average Bonchev–Trinajstić information content (AvgIpc) is 2.70. The molecule has 1 aliphatic carbocycles. The summed E-state index contributed by atoms with van der Waals surface area (Å²) in [5, 5.41) is 4.86. The minimum Gasteiger partial charge on any atom is -0.451 e. The molecule has 0 N–H and O–H groups in total. The quantitative estimate of drug-likeness (QED) is 0.753. The number of hydrogen-bond donors (Lipinski definition) is 0. The zero-order chi connectivity index (χ0) is 19.4. The van der Waals surface area contributed by atoms with Gasteiger partial charge in [-0.2, -0.15) is 5.10 Å². The number of ether oxygens (including phenoxy) is 1. The van der Waals surface area contributed by atoms with E-state index in [0.717, 1.165) is 30.4 Å². The molecule has 0 unspecified atom stereocenters. The van der Waals surface area contributed by atoms with E-state index in [0.29, 0.717) is 17.3 Å². The van der Waals surface area contributed by atoms with Crippen molar-refractivity contribution >= 4 is 22.6 Å². The fraction of sp³-hybridized carbons (Fsp3) is 0.500. The molecule has 0 bridgehead atoms. The Morgan fingerprint density at radius 1 is 1.19 bits per heavy atom. The largest absolute Gasteiger partial charge is 0.451 e. The number of benzene rings is 1. The third-order valence-electron chi connectivity index (χ3n) is 5.15. The molecule has 2 aromatic rings. The van der Waals surface area contributed by atoms with Crippen molar-refractivity contribution in [2.24, 2.45) is 7.05 Å². The fourth-order valence-electron chi connectivity index (χ4n) is 3.76. The van der Waals surface area contributed by atoms with Gasteiger partial charge in [-0.25, -0.2) is 9.48 Å².